The van der Waals surface area contributed by atoms with Gasteiger partial charge in [0.25, 0.3) is 0 Å². The molecule has 4 rings (SSSR count). The van der Waals surface area contributed by atoms with Crippen molar-refractivity contribution >= 4 is 32.3 Å². The molecule has 0 N–H and O–H groups in total. The molecule has 8 nitrogen and oxygen atoms in total. The number of hydrogen-bond acceptors (Lipinski definition) is 9. The zero-order valence-electron chi connectivity index (χ0n) is 22.2. The summed E-state index contributed by atoms with van der Waals surface area (Å²) in [6.07, 6.45) is 0.986. The average molecular weight is 601 g/mol. The highest BCUT2D eigenvalue weighted by molar-refractivity contribution is 7.99. The van der Waals surface area contributed by atoms with Crippen molar-refractivity contribution < 1.29 is 34.1 Å². The van der Waals surface area contributed by atoms with E-state index in [-0.39, 0.29) is 17.2 Å². The molecule has 0 aliphatic heterocycles. The number of methoxy groups -OCH3 is 1. The van der Waals surface area contributed by atoms with E-state index in [1.807, 2.05) is 38.1 Å². The molecule has 0 atom stereocenters. The molecule has 0 bridgehead atoms. The summed E-state index contributed by atoms with van der Waals surface area (Å²) in [7, 11) is -6.37. The Morgan fingerprint density at radius 1 is 0.550 bits per heavy atom. The van der Waals surface area contributed by atoms with Gasteiger partial charge >= 0.3 is 20.5 Å². The average Bonchev–Trinajstić information content (AvgIpc) is 2.89. The van der Waals surface area contributed by atoms with Crippen LogP contribution >= 0.6 is 11.8 Å². The summed E-state index contributed by atoms with van der Waals surface area (Å²) in [5, 5.41) is 0. The van der Waals surface area contributed by atoms with Gasteiger partial charge in [0, 0.05) is 15.2 Å². The van der Waals surface area contributed by atoms with E-state index in [9.17, 15) is 16.8 Å². The summed E-state index contributed by atoms with van der Waals surface area (Å²) in [6, 6.07) is 27.6. The smallest absolute Gasteiger partial charge is 0.497 e. The summed E-state index contributed by atoms with van der Waals surface area (Å²) < 4.78 is 68.1. The van der Waals surface area contributed by atoms with Crippen LogP contribution in [-0.2, 0) is 25.9 Å². The van der Waals surface area contributed by atoms with Crippen molar-refractivity contribution in [3.63, 3.8) is 0 Å². The summed E-state index contributed by atoms with van der Waals surface area (Å²) in [5.41, 5.74) is 1.33. The maximum absolute atomic E-state index is 12.5. The maximum atomic E-state index is 12.5. The van der Waals surface area contributed by atoms with E-state index in [0.717, 1.165) is 32.9 Å². The van der Waals surface area contributed by atoms with Gasteiger partial charge in [0.15, 0.2) is 0 Å². The van der Waals surface area contributed by atoms with Crippen LogP contribution in [0.3, 0.4) is 0 Å². The van der Waals surface area contributed by atoms with E-state index in [2.05, 4.69) is 0 Å². The highest BCUT2D eigenvalue weighted by Gasteiger charge is 2.24. The lowest BCUT2D eigenvalue weighted by molar-refractivity contribution is 0.392. The third-order valence-corrected chi connectivity index (χ3v) is 8.22. The van der Waals surface area contributed by atoms with Gasteiger partial charge in [-0.2, -0.15) is 8.42 Å². The van der Waals surface area contributed by atoms with Gasteiger partial charge in [-0.25, -0.2) is 0 Å². The van der Waals surface area contributed by atoms with Gasteiger partial charge in [-0.15, -0.1) is 8.42 Å². The minimum absolute atomic E-state index is 0.100. The number of hydrogen-bond donors (Lipinski definition) is 0. The zero-order chi connectivity index (χ0) is 29.0. The molecule has 0 amide bonds. The maximum Gasteiger partial charge on any atom is 0.500 e. The first-order chi connectivity index (χ1) is 18.8. The summed E-state index contributed by atoms with van der Waals surface area (Å²) in [5.74, 6) is 1.22. The Kier molecular flexibility index (Phi) is 8.67. The second kappa shape index (κ2) is 11.8. The highest BCUT2D eigenvalue weighted by Crippen LogP contribution is 2.34. The van der Waals surface area contributed by atoms with Crippen molar-refractivity contribution in [1.29, 1.82) is 0 Å². The second-order valence-corrected chi connectivity index (χ2v) is 13.2. The van der Waals surface area contributed by atoms with Crippen LogP contribution in [0.2, 0.25) is 0 Å². The monoisotopic (exact) mass is 600 g/mol. The zero-order valence-corrected chi connectivity index (χ0v) is 24.7. The molecule has 40 heavy (non-hydrogen) atoms. The standard InChI is InChI=1S/C29H28O8S3/c1-29(2,21-5-9-24(10-6-21)35-39(4,30)31)22-7-11-25(12-8-22)36-40(32,33)37-26-15-19-28(20-16-26)38-27-17-13-23(34-3)14-18-27/h5-20H,1-4H3. The highest BCUT2D eigenvalue weighted by atomic mass is 32.3. The van der Waals surface area contributed by atoms with Crippen molar-refractivity contribution in [3.8, 4) is 23.0 Å². The second-order valence-electron chi connectivity index (χ2n) is 9.29. The molecule has 4 aromatic carbocycles. The first-order valence-electron chi connectivity index (χ1n) is 12.0. The quantitative estimate of drug-likeness (QED) is 0.186. The van der Waals surface area contributed by atoms with Crippen LogP contribution in [-0.4, -0.2) is 30.2 Å². The topological polar surface area (TPSA) is 105 Å². The third-order valence-electron chi connectivity index (χ3n) is 5.92. The molecule has 0 heterocycles. The molecule has 0 aliphatic rings. The fourth-order valence-corrected chi connectivity index (χ4v) is 5.80. The molecule has 0 fully saturated rings. The molecule has 11 heteroatoms. The van der Waals surface area contributed by atoms with Gasteiger partial charge < -0.3 is 17.3 Å². The molecule has 0 unspecified atom stereocenters. The Morgan fingerprint density at radius 3 is 1.27 bits per heavy atom. The summed E-state index contributed by atoms with van der Waals surface area (Å²) in [6.45, 7) is 3.98. The van der Waals surface area contributed by atoms with E-state index in [4.69, 9.17) is 17.3 Å². The molecular formula is C29H28O8S3. The Morgan fingerprint density at radius 2 is 0.900 bits per heavy atom. The van der Waals surface area contributed by atoms with Gasteiger partial charge in [0.1, 0.15) is 23.0 Å². The van der Waals surface area contributed by atoms with E-state index in [1.54, 1.807) is 79.9 Å². The number of ether oxygens (including phenoxy) is 1. The number of rotatable bonds is 11. The molecule has 0 radical (unpaired) electrons. The molecular weight excluding hydrogens is 573 g/mol. The van der Waals surface area contributed by atoms with Gasteiger partial charge in [-0.05, 0) is 83.9 Å². The van der Waals surface area contributed by atoms with Crippen LogP contribution in [0.5, 0.6) is 23.0 Å². The predicted octanol–water partition coefficient (Wildman–Crippen LogP) is 6.21. The van der Waals surface area contributed by atoms with Crippen LogP contribution in [0.4, 0.5) is 0 Å². The van der Waals surface area contributed by atoms with Crippen LogP contribution < -0.4 is 17.3 Å². The Labute approximate surface area is 239 Å². The molecule has 0 aliphatic carbocycles. The third kappa shape index (κ3) is 7.93. The fraction of sp³-hybridized carbons (Fsp3) is 0.172. The minimum atomic E-state index is -4.37. The fourth-order valence-electron chi connectivity index (χ4n) is 3.79. The van der Waals surface area contributed by atoms with E-state index >= 15 is 0 Å². The first-order valence-corrected chi connectivity index (χ1v) is 16.0. The minimum Gasteiger partial charge on any atom is -0.497 e. The molecule has 0 saturated carbocycles. The Balaban J connectivity index is 1.38. The van der Waals surface area contributed by atoms with Crippen molar-refractivity contribution in [3.05, 3.63) is 108 Å². The van der Waals surface area contributed by atoms with Gasteiger partial charge in [-0.1, -0.05) is 49.9 Å². The normalized spacial score (nSPS) is 12.0. The van der Waals surface area contributed by atoms with Gasteiger partial charge in [0.05, 0.1) is 13.4 Å². The predicted molar refractivity (Wildman–Crippen MR) is 154 cm³/mol. The lowest BCUT2D eigenvalue weighted by Crippen LogP contribution is -2.19. The lowest BCUT2D eigenvalue weighted by Gasteiger charge is -2.26. The lowest BCUT2D eigenvalue weighted by atomic mass is 9.78. The molecule has 0 aromatic heterocycles. The van der Waals surface area contributed by atoms with Crippen molar-refractivity contribution in [2.75, 3.05) is 13.4 Å². The molecule has 4 aromatic rings. The van der Waals surface area contributed by atoms with Crippen LogP contribution in [0, 0.1) is 0 Å². The van der Waals surface area contributed by atoms with Crippen LogP contribution in [0.25, 0.3) is 0 Å². The van der Waals surface area contributed by atoms with Crippen LogP contribution in [0.1, 0.15) is 25.0 Å². The van der Waals surface area contributed by atoms with E-state index in [1.165, 1.54) is 11.8 Å². The van der Waals surface area contributed by atoms with Crippen LogP contribution in [0.15, 0.2) is 107 Å². The largest absolute Gasteiger partial charge is 0.500 e. The molecule has 0 spiro atoms. The van der Waals surface area contributed by atoms with Crippen molar-refractivity contribution in [1.82, 2.24) is 0 Å². The SMILES string of the molecule is COc1ccc(Sc2ccc(OS(=O)(=O)Oc3ccc(C(C)(C)c4ccc(OS(C)(=O)=O)cc4)cc3)cc2)cc1. The molecule has 0 saturated heterocycles. The van der Waals surface area contributed by atoms with E-state index in [0.29, 0.717) is 0 Å². The van der Waals surface area contributed by atoms with E-state index < -0.39 is 25.9 Å². The van der Waals surface area contributed by atoms with Gasteiger partial charge in [0.2, 0.25) is 0 Å². The number of benzene rings is 4. The van der Waals surface area contributed by atoms with Gasteiger partial charge in [-0.3, -0.25) is 0 Å². The molecule has 210 valence electrons. The Hall–Kier alpha value is -3.67. The Bertz CT molecular complexity index is 1650. The summed E-state index contributed by atoms with van der Waals surface area (Å²) >= 11 is 1.52. The first kappa shape index (κ1) is 29.3. The van der Waals surface area contributed by atoms with Crippen molar-refractivity contribution in [2.45, 2.75) is 29.1 Å². The van der Waals surface area contributed by atoms with Crippen molar-refractivity contribution in [2.24, 2.45) is 0 Å². The summed E-state index contributed by atoms with van der Waals surface area (Å²) in [4.78, 5) is 1.92.